The van der Waals surface area contributed by atoms with Crippen molar-refractivity contribution in [1.29, 1.82) is 0 Å². The molecule has 1 heterocycles. The van der Waals surface area contributed by atoms with Crippen LogP contribution in [-0.4, -0.2) is 18.4 Å². The first-order chi connectivity index (χ1) is 18.3. The number of aromatic nitrogens is 1. The van der Waals surface area contributed by atoms with Crippen molar-refractivity contribution in [2.45, 2.75) is 123 Å². The Morgan fingerprint density at radius 2 is 1.65 bits per heavy atom. The standard InChI is InChI=1S/C33H46F3NO2Si/c1-20(2)29-28(30(38)22-14-16-23(17-15-22)33(34,35)36)26(21-12-10-11-13-21)27-24(37-29)18-32(6,7)19-25(27)39-40(8,9)31(3,4)5/h14-17,21,25,30,38H,1,10-13,18-19H2,2-9H3/t25-,30?/m0/s1. The number of benzene rings is 1. The maximum atomic E-state index is 13.3. The van der Waals surface area contributed by atoms with Gasteiger partial charge in [-0.25, -0.2) is 0 Å². The second-order valence-corrected chi connectivity index (χ2v) is 19.1. The van der Waals surface area contributed by atoms with Crippen molar-refractivity contribution < 1.29 is 22.7 Å². The van der Waals surface area contributed by atoms with Gasteiger partial charge in [-0.15, -0.1) is 0 Å². The number of halogens is 3. The predicted molar refractivity (Wildman–Crippen MR) is 159 cm³/mol. The summed E-state index contributed by atoms with van der Waals surface area (Å²) < 4.78 is 47.1. The highest BCUT2D eigenvalue weighted by atomic mass is 28.4. The number of hydrogen-bond donors (Lipinski definition) is 1. The molecule has 4 rings (SSSR count). The van der Waals surface area contributed by atoms with Crippen molar-refractivity contribution in [3.05, 3.63) is 70.0 Å². The van der Waals surface area contributed by atoms with Crippen molar-refractivity contribution in [2.75, 3.05) is 0 Å². The molecule has 40 heavy (non-hydrogen) atoms. The number of fused-ring (bicyclic) bond motifs is 1. The molecule has 1 unspecified atom stereocenters. The fourth-order valence-electron chi connectivity index (χ4n) is 6.22. The molecule has 220 valence electrons. The lowest BCUT2D eigenvalue weighted by atomic mass is 9.70. The molecule has 2 aromatic rings. The minimum atomic E-state index is -4.43. The summed E-state index contributed by atoms with van der Waals surface area (Å²) >= 11 is 0. The van der Waals surface area contributed by atoms with Crippen LogP contribution < -0.4 is 0 Å². The monoisotopic (exact) mass is 573 g/mol. The number of pyridine rings is 1. The zero-order valence-corrected chi connectivity index (χ0v) is 26.4. The Balaban J connectivity index is 1.98. The summed E-state index contributed by atoms with van der Waals surface area (Å²) in [5, 5.41) is 11.9. The Morgan fingerprint density at radius 3 is 2.15 bits per heavy atom. The molecule has 0 spiro atoms. The predicted octanol–water partition coefficient (Wildman–Crippen LogP) is 9.91. The van der Waals surface area contributed by atoms with Crippen LogP contribution in [0.25, 0.3) is 5.57 Å². The summed E-state index contributed by atoms with van der Waals surface area (Å²) in [7, 11) is -2.17. The van der Waals surface area contributed by atoms with Crippen molar-refractivity contribution >= 4 is 13.9 Å². The normalized spacial score (nSPS) is 20.9. The number of rotatable bonds is 6. The summed E-state index contributed by atoms with van der Waals surface area (Å²) in [6.45, 7) is 21.9. The van der Waals surface area contributed by atoms with E-state index in [1.807, 2.05) is 6.92 Å². The largest absolute Gasteiger partial charge is 0.416 e. The van der Waals surface area contributed by atoms with Crippen LogP contribution in [0, 0.1) is 5.41 Å². The Labute approximate surface area is 239 Å². The van der Waals surface area contributed by atoms with Gasteiger partial charge in [0.05, 0.1) is 17.4 Å². The molecule has 7 heteroatoms. The van der Waals surface area contributed by atoms with Crippen LogP contribution in [0.15, 0.2) is 30.8 Å². The van der Waals surface area contributed by atoms with Crippen molar-refractivity contribution in [2.24, 2.45) is 5.41 Å². The average molecular weight is 574 g/mol. The maximum Gasteiger partial charge on any atom is 0.416 e. The van der Waals surface area contributed by atoms with E-state index in [1.54, 1.807) is 0 Å². The van der Waals surface area contributed by atoms with Crippen LogP contribution in [0.1, 0.15) is 131 Å². The molecule has 2 aliphatic rings. The first-order valence-corrected chi connectivity index (χ1v) is 17.5. The molecular formula is C33H46F3NO2Si. The number of nitrogens with zero attached hydrogens (tertiary/aromatic N) is 1. The van der Waals surface area contributed by atoms with Gasteiger partial charge >= 0.3 is 6.18 Å². The van der Waals surface area contributed by atoms with Crippen LogP contribution >= 0.6 is 0 Å². The summed E-state index contributed by atoms with van der Waals surface area (Å²) in [6, 6.07) is 4.87. The highest BCUT2D eigenvalue weighted by Gasteiger charge is 2.45. The Hall–Kier alpha value is -1.96. The summed E-state index contributed by atoms with van der Waals surface area (Å²) in [4.78, 5) is 5.18. The van der Waals surface area contributed by atoms with E-state index < -0.39 is 26.2 Å². The average Bonchev–Trinajstić information content (AvgIpc) is 3.35. The van der Waals surface area contributed by atoms with Gasteiger partial charge in [-0.2, -0.15) is 13.2 Å². The van der Waals surface area contributed by atoms with E-state index >= 15 is 0 Å². The van der Waals surface area contributed by atoms with Gasteiger partial charge in [-0.1, -0.05) is 66.2 Å². The first kappa shape index (κ1) is 31.0. The van der Waals surface area contributed by atoms with E-state index in [2.05, 4.69) is 54.3 Å². The molecule has 2 aliphatic carbocycles. The van der Waals surface area contributed by atoms with Crippen LogP contribution in [0.4, 0.5) is 13.2 Å². The quantitative estimate of drug-likeness (QED) is 0.350. The number of alkyl halides is 3. The number of aliphatic hydroxyl groups is 1. The second kappa shape index (κ2) is 10.7. The maximum absolute atomic E-state index is 13.3. The fourth-order valence-corrected chi connectivity index (χ4v) is 7.48. The highest BCUT2D eigenvalue weighted by molar-refractivity contribution is 6.74. The second-order valence-electron chi connectivity index (χ2n) is 14.3. The minimum absolute atomic E-state index is 0.0140. The van der Waals surface area contributed by atoms with Gasteiger partial charge in [0.15, 0.2) is 8.32 Å². The van der Waals surface area contributed by atoms with Gasteiger partial charge in [-0.3, -0.25) is 4.98 Å². The number of aliphatic hydroxyl groups excluding tert-OH is 1. The minimum Gasteiger partial charge on any atom is -0.410 e. The lowest BCUT2D eigenvalue weighted by molar-refractivity contribution is -0.137. The molecule has 1 saturated carbocycles. The molecule has 2 atom stereocenters. The van der Waals surface area contributed by atoms with Gasteiger partial charge in [0.1, 0.15) is 6.10 Å². The molecule has 1 aromatic heterocycles. The highest BCUT2D eigenvalue weighted by Crippen LogP contribution is 2.53. The molecule has 1 N–H and O–H groups in total. The molecule has 0 saturated heterocycles. The molecule has 1 aromatic carbocycles. The van der Waals surface area contributed by atoms with Gasteiger partial charge < -0.3 is 9.53 Å². The molecular weight excluding hydrogens is 527 g/mol. The third-order valence-electron chi connectivity index (χ3n) is 9.34. The zero-order valence-electron chi connectivity index (χ0n) is 25.4. The third kappa shape index (κ3) is 6.12. The lowest BCUT2D eigenvalue weighted by Gasteiger charge is -2.45. The lowest BCUT2D eigenvalue weighted by Crippen LogP contribution is -2.44. The Kier molecular flexibility index (Phi) is 8.29. The number of allylic oxidation sites excluding steroid dienone is 1. The summed E-state index contributed by atoms with van der Waals surface area (Å²) in [5.74, 6) is 0.237. The summed E-state index contributed by atoms with van der Waals surface area (Å²) in [5.41, 5.74) is 5.02. The van der Waals surface area contributed by atoms with Gasteiger partial charge in [0, 0.05) is 16.8 Å². The van der Waals surface area contributed by atoms with E-state index in [0.717, 1.165) is 73.1 Å². The third-order valence-corrected chi connectivity index (χ3v) is 13.8. The molecule has 0 radical (unpaired) electrons. The molecule has 0 amide bonds. The summed E-state index contributed by atoms with van der Waals surface area (Å²) in [6.07, 6.45) is 0.191. The molecule has 0 bridgehead atoms. The molecule has 1 fully saturated rings. The van der Waals surface area contributed by atoms with E-state index in [9.17, 15) is 18.3 Å². The van der Waals surface area contributed by atoms with Crippen LogP contribution in [-0.2, 0) is 17.0 Å². The fraction of sp³-hybridized carbons (Fsp3) is 0.606. The smallest absolute Gasteiger partial charge is 0.410 e. The topological polar surface area (TPSA) is 42.4 Å². The molecule has 0 aliphatic heterocycles. The van der Waals surface area contributed by atoms with Gasteiger partial charge in [0.25, 0.3) is 0 Å². The first-order valence-electron chi connectivity index (χ1n) is 14.6. The number of hydrogen-bond acceptors (Lipinski definition) is 3. The van der Waals surface area contributed by atoms with E-state index in [4.69, 9.17) is 9.41 Å². The van der Waals surface area contributed by atoms with Crippen LogP contribution in [0.5, 0.6) is 0 Å². The van der Waals surface area contributed by atoms with Crippen molar-refractivity contribution in [3.8, 4) is 0 Å². The van der Waals surface area contributed by atoms with E-state index in [-0.39, 0.29) is 22.5 Å². The van der Waals surface area contributed by atoms with Crippen LogP contribution in [0.3, 0.4) is 0 Å². The SMILES string of the molecule is C=C(C)c1nc2c(c(C3CCCC3)c1C(O)c1ccc(C(F)(F)F)cc1)[C@@H](O[Si](C)(C)C(C)(C)C)CC(C)(C)C2. The van der Waals surface area contributed by atoms with Gasteiger partial charge in [0.2, 0.25) is 0 Å². The Morgan fingerprint density at radius 1 is 1.07 bits per heavy atom. The molecule has 3 nitrogen and oxygen atoms in total. The van der Waals surface area contributed by atoms with Crippen molar-refractivity contribution in [1.82, 2.24) is 4.98 Å². The Bertz CT molecular complexity index is 1250. The van der Waals surface area contributed by atoms with Crippen LogP contribution in [0.2, 0.25) is 18.1 Å². The van der Waals surface area contributed by atoms with Crippen molar-refractivity contribution in [3.63, 3.8) is 0 Å². The van der Waals surface area contributed by atoms with Gasteiger partial charge in [-0.05, 0) is 90.9 Å². The van der Waals surface area contributed by atoms with E-state index in [1.165, 1.54) is 12.1 Å². The van der Waals surface area contributed by atoms with E-state index in [0.29, 0.717) is 16.8 Å². The zero-order chi connectivity index (χ0) is 29.8.